The van der Waals surface area contributed by atoms with Crippen molar-refractivity contribution in [2.45, 2.75) is 19.8 Å². The molecule has 0 bridgehead atoms. The van der Waals surface area contributed by atoms with Crippen LogP contribution in [0.1, 0.15) is 18.4 Å². The van der Waals surface area contributed by atoms with E-state index in [0.29, 0.717) is 54.9 Å². The van der Waals surface area contributed by atoms with Gasteiger partial charge in [0.25, 0.3) is 0 Å². The van der Waals surface area contributed by atoms with E-state index in [1.54, 1.807) is 47.4 Å². The van der Waals surface area contributed by atoms with Gasteiger partial charge in [0.2, 0.25) is 17.8 Å². The third-order valence-electron chi connectivity index (χ3n) is 6.51. The summed E-state index contributed by atoms with van der Waals surface area (Å²) < 4.78 is 6.70. The fraction of sp³-hybridized carbons (Fsp3) is 0.250. The molecule has 3 heterocycles. The topological polar surface area (TPSA) is 180 Å². The first kappa shape index (κ1) is 27.8. The average Bonchev–Trinajstić information content (AvgIpc) is 3.18. The predicted molar refractivity (Wildman–Crippen MR) is 156 cm³/mol. The Kier molecular flexibility index (Phi) is 8.38. The van der Waals surface area contributed by atoms with E-state index >= 15 is 0 Å². The van der Waals surface area contributed by atoms with Crippen molar-refractivity contribution in [3.63, 3.8) is 0 Å². The van der Waals surface area contributed by atoms with Crippen molar-refractivity contribution in [2.75, 3.05) is 47.4 Å². The van der Waals surface area contributed by atoms with E-state index in [2.05, 4.69) is 35.6 Å². The molecule has 1 saturated heterocycles. The summed E-state index contributed by atoms with van der Waals surface area (Å²) in [5, 5.41) is 19.1. The smallest absolute Gasteiger partial charge is 0.410 e. The quantitative estimate of drug-likeness (QED) is 0.298. The van der Waals surface area contributed by atoms with Crippen molar-refractivity contribution < 1.29 is 14.3 Å². The minimum atomic E-state index is -0.595. The molecule has 4 N–H and O–H groups in total. The second kappa shape index (κ2) is 12.6. The number of hydrogen-bond acceptors (Lipinski definition) is 11. The average molecular weight is 568 g/mol. The van der Waals surface area contributed by atoms with Gasteiger partial charge in [0.05, 0.1) is 6.07 Å². The Balaban J connectivity index is 1.21. The minimum absolute atomic E-state index is 0.121. The van der Waals surface area contributed by atoms with Crippen LogP contribution in [0.2, 0.25) is 0 Å². The van der Waals surface area contributed by atoms with Crippen molar-refractivity contribution in [1.29, 1.82) is 5.26 Å². The van der Waals surface area contributed by atoms with Gasteiger partial charge in [-0.1, -0.05) is 17.7 Å². The molecule has 2 amide bonds. The summed E-state index contributed by atoms with van der Waals surface area (Å²) in [6.07, 6.45) is 1.46. The summed E-state index contributed by atoms with van der Waals surface area (Å²) in [6.45, 7) is 4.32. The number of nitrogen functional groups attached to an aromatic ring is 1. The summed E-state index contributed by atoms with van der Waals surface area (Å²) >= 11 is 0. The SMILES string of the molecule is Cc1ccc(OC(=O)Nc2ccc(Nc3nc(N)n(-c4cc(N5CCCN(C(=O)CC#N)CC5)ncn4)n3)cc2)cc1. The zero-order valence-electron chi connectivity index (χ0n) is 22.9. The monoisotopic (exact) mass is 567 g/mol. The third kappa shape index (κ3) is 6.89. The number of carbonyl (C=O) groups is 2. The second-order valence-electron chi connectivity index (χ2n) is 9.53. The van der Waals surface area contributed by atoms with Crippen LogP contribution in [0, 0.1) is 18.3 Å². The van der Waals surface area contributed by atoms with E-state index < -0.39 is 6.09 Å². The second-order valence-corrected chi connectivity index (χ2v) is 9.53. The zero-order chi connectivity index (χ0) is 29.5. The van der Waals surface area contributed by atoms with Gasteiger partial charge in [-0.2, -0.15) is 14.9 Å². The van der Waals surface area contributed by atoms with Crippen LogP contribution in [0.3, 0.4) is 0 Å². The molecule has 5 rings (SSSR count). The van der Waals surface area contributed by atoms with Crippen molar-refractivity contribution in [1.82, 2.24) is 29.6 Å². The van der Waals surface area contributed by atoms with Crippen molar-refractivity contribution in [3.8, 4) is 17.6 Å². The zero-order valence-corrected chi connectivity index (χ0v) is 22.9. The van der Waals surface area contributed by atoms with E-state index in [1.807, 2.05) is 25.1 Å². The van der Waals surface area contributed by atoms with E-state index in [1.165, 1.54) is 11.0 Å². The van der Waals surface area contributed by atoms with Crippen molar-refractivity contribution >= 4 is 41.1 Å². The number of nitrogens with zero attached hydrogens (tertiary/aromatic N) is 8. The summed E-state index contributed by atoms with van der Waals surface area (Å²) in [4.78, 5) is 41.1. The molecule has 1 aliphatic heterocycles. The first-order chi connectivity index (χ1) is 20.4. The number of benzene rings is 2. The van der Waals surface area contributed by atoms with Crippen LogP contribution >= 0.6 is 0 Å². The van der Waals surface area contributed by atoms with Gasteiger partial charge in [-0.25, -0.2) is 14.8 Å². The number of aryl methyl sites for hydroxylation is 1. The minimum Gasteiger partial charge on any atom is -0.410 e. The number of carbonyl (C=O) groups excluding carboxylic acids is 2. The lowest BCUT2D eigenvalue weighted by molar-refractivity contribution is -0.129. The summed E-state index contributed by atoms with van der Waals surface area (Å²) in [5.74, 6) is 1.78. The van der Waals surface area contributed by atoms with Crippen LogP contribution in [0.5, 0.6) is 5.75 Å². The molecule has 214 valence electrons. The summed E-state index contributed by atoms with van der Waals surface area (Å²) in [6, 6.07) is 17.8. The molecule has 0 saturated carbocycles. The van der Waals surface area contributed by atoms with Gasteiger partial charge in [0, 0.05) is 43.6 Å². The molecule has 0 radical (unpaired) electrons. The largest absolute Gasteiger partial charge is 0.417 e. The van der Waals surface area contributed by atoms with Crippen LogP contribution in [0.25, 0.3) is 5.82 Å². The fourth-order valence-corrected chi connectivity index (χ4v) is 4.37. The number of anilines is 5. The first-order valence-corrected chi connectivity index (χ1v) is 13.2. The number of nitriles is 1. The molecule has 1 aliphatic rings. The van der Waals surface area contributed by atoms with Gasteiger partial charge in [0.15, 0.2) is 5.82 Å². The Morgan fingerprint density at radius 2 is 1.74 bits per heavy atom. The Morgan fingerprint density at radius 1 is 1.00 bits per heavy atom. The molecule has 2 aromatic carbocycles. The first-order valence-electron chi connectivity index (χ1n) is 13.2. The van der Waals surface area contributed by atoms with Crippen LogP contribution in [-0.2, 0) is 4.79 Å². The lowest BCUT2D eigenvalue weighted by atomic mass is 10.2. The molecule has 4 aromatic rings. The molecule has 0 atom stereocenters. The lowest BCUT2D eigenvalue weighted by Crippen LogP contribution is -2.35. The maximum atomic E-state index is 12.2. The number of aromatic nitrogens is 5. The highest BCUT2D eigenvalue weighted by atomic mass is 16.6. The van der Waals surface area contributed by atoms with E-state index in [0.717, 1.165) is 12.0 Å². The summed E-state index contributed by atoms with van der Waals surface area (Å²) in [7, 11) is 0. The highest BCUT2D eigenvalue weighted by Crippen LogP contribution is 2.22. The van der Waals surface area contributed by atoms with Crippen molar-refractivity contribution in [3.05, 3.63) is 66.5 Å². The van der Waals surface area contributed by atoms with E-state index in [4.69, 9.17) is 15.7 Å². The molecule has 2 aromatic heterocycles. The molecule has 0 spiro atoms. The van der Waals surface area contributed by atoms with Gasteiger partial charge in [-0.05, 0) is 49.7 Å². The normalized spacial score (nSPS) is 13.1. The van der Waals surface area contributed by atoms with Crippen molar-refractivity contribution in [2.24, 2.45) is 0 Å². The molecular weight excluding hydrogens is 538 g/mol. The van der Waals surface area contributed by atoms with Crippen LogP contribution in [0.4, 0.5) is 33.9 Å². The Morgan fingerprint density at radius 3 is 2.50 bits per heavy atom. The third-order valence-corrected chi connectivity index (χ3v) is 6.51. The Labute approximate surface area is 241 Å². The number of rotatable bonds is 7. The van der Waals surface area contributed by atoms with Gasteiger partial charge < -0.3 is 25.6 Å². The molecule has 14 nitrogen and oxygen atoms in total. The number of nitrogens with one attached hydrogen (secondary N) is 2. The van der Waals surface area contributed by atoms with E-state index in [-0.39, 0.29) is 24.2 Å². The Bertz CT molecular complexity index is 1600. The lowest BCUT2D eigenvalue weighted by Gasteiger charge is -2.22. The highest BCUT2D eigenvalue weighted by molar-refractivity contribution is 5.86. The maximum absolute atomic E-state index is 12.2. The molecular formula is C28H29N11O3. The molecule has 0 aliphatic carbocycles. The molecule has 42 heavy (non-hydrogen) atoms. The Hall–Kier alpha value is -5.71. The molecule has 14 heteroatoms. The standard InChI is InChI=1S/C28H29N11O3/c1-19-3-9-22(10-4-19)42-28(41)34-21-7-5-20(6-8-21)33-27-35-26(30)39(36-27)24-17-23(31-18-32-24)37-13-2-14-38(16-15-37)25(40)11-12-29/h3-10,17-18H,2,11,13-16H2,1H3,(H,34,41)(H3,30,33,35,36). The van der Waals surface area contributed by atoms with Crippen LogP contribution in [0.15, 0.2) is 60.9 Å². The predicted octanol–water partition coefficient (Wildman–Crippen LogP) is 3.25. The van der Waals surface area contributed by atoms with Gasteiger partial charge in [-0.15, -0.1) is 5.10 Å². The number of hydrogen-bond donors (Lipinski definition) is 3. The number of ether oxygens (including phenoxy) is 1. The summed E-state index contributed by atoms with van der Waals surface area (Å²) in [5.41, 5.74) is 8.45. The van der Waals surface area contributed by atoms with Gasteiger partial charge in [-0.3, -0.25) is 10.1 Å². The maximum Gasteiger partial charge on any atom is 0.417 e. The van der Waals surface area contributed by atoms with Gasteiger partial charge >= 0.3 is 6.09 Å². The molecule has 1 fully saturated rings. The number of nitrogens with two attached hydrogens (primary N) is 1. The molecule has 0 unspecified atom stereocenters. The fourth-order valence-electron chi connectivity index (χ4n) is 4.37. The van der Waals surface area contributed by atoms with E-state index in [9.17, 15) is 9.59 Å². The van der Waals surface area contributed by atoms with Crippen LogP contribution in [-0.4, -0.2) is 67.8 Å². The highest BCUT2D eigenvalue weighted by Gasteiger charge is 2.21. The van der Waals surface area contributed by atoms with Gasteiger partial charge in [0.1, 0.15) is 24.3 Å². The number of amides is 2. The van der Waals surface area contributed by atoms with Crippen LogP contribution < -0.4 is 26.0 Å².